The van der Waals surface area contributed by atoms with Crippen LogP contribution in [0.4, 0.5) is 0 Å². The minimum atomic E-state index is -0.839. The van der Waals surface area contributed by atoms with Crippen molar-refractivity contribution in [3.05, 3.63) is 0 Å². The van der Waals surface area contributed by atoms with Gasteiger partial charge in [0.15, 0.2) is 0 Å². The van der Waals surface area contributed by atoms with E-state index in [1.54, 1.807) is 0 Å². The predicted molar refractivity (Wildman–Crippen MR) is 128 cm³/mol. The monoisotopic (exact) mass is 474 g/mol. The SMILES string of the molecule is COC(=O)[C@H](C(C)C)N(CC(=O)NC(C)(C)C)C(=O)CN1CSC(=S)N(CC(C)C)C1. The van der Waals surface area contributed by atoms with Crippen LogP contribution < -0.4 is 5.32 Å². The molecule has 1 heterocycles. The molecule has 1 aliphatic rings. The van der Waals surface area contributed by atoms with E-state index in [1.165, 1.54) is 23.8 Å². The summed E-state index contributed by atoms with van der Waals surface area (Å²) in [5.41, 5.74) is -0.444. The lowest BCUT2D eigenvalue weighted by atomic mass is 10.0. The van der Waals surface area contributed by atoms with Gasteiger partial charge in [0.25, 0.3) is 0 Å². The number of carbonyl (C=O) groups excluding carboxylic acids is 3. The fourth-order valence-electron chi connectivity index (χ4n) is 3.36. The second kappa shape index (κ2) is 12.0. The van der Waals surface area contributed by atoms with E-state index >= 15 is 0 Å². The van der Waals surface area contributed by atoms with E-state index in [4.69, 9.17) is 17.0 Å². The number of ether oxygens (including phenoxy) is 1. The van der Waals surface area contributed by atoms with Gasteiger partial charge in [-0.05, 0) is 32.6 Å². The van der Waals surface area contributed by atoms with Crippen LogP contribution in [0.25, 0.3) is 0 Å². The summed E-state index contributed by atoms with van der Waals surface area (Å²) >= 11 is 6.97. The molecule has 2 amide bonds. The zero-order valence-corrected chi connectivity index (χ0v) is 21.7. The van der Waals surface area contributed by atoms with Crippen LogP contribution >= 0.6 is 24.0 Å². The average Bonchev–Trinajstić information content (AvgIpc) is 2.61. The Hall–Kier alpha value is -1.39. The van der Waals surface area contributed by atoms with Crippen molar-refractivity contribution in [3.8, 4) is 0 Å². The molecule has 0 unspecified atom stereocenters. The lowest BCUT2D eigenvalue weighted by Gasteiger charge is -2.39. The maximum atomic E-state index is 13.3. The van der Waals surface area contributed by atoms with Crippen molar-refractivity contribution in [1.82, 2.24) is 20.0 Å². The quantitative estimate of drug-likeness (QED) is 0.402. The topological polar surface area (TPSA) is 82.2 Å². The van der Waals surface area contributed by atoms with Crippen LogP contribution in [0.3, 0.4) is 0 Å². The number of nitrogens with one attached hydrogen (secondary N) is 1. The van der Waals surface area contributed by atoms with Crippen molar-refractivity contribution in [2.45, 2.75) is 60.0 Å². The molecular weight excluding hydrogens is 436 g/mol. The van der Waals surface area contributed by atoms with Gasteiger partial charge >= 0.3 is 5.97 Å². The first-order chi connectivity index (χ1) is 14.2. The van der Waals surface area contributed by atoms with E-state index in [1.807, 2.05) is 39.5 Å². The Morgan fingerprint density at radius 3 is 2.32 bits per heavy atom. The molecule has 1 fully saturated rings. The van der Waals surface area contributed by atoms with Gasteiger partial charge in [-0.3, -0.25) is 14.5 Å². The maximum Gasteiger partial charge on any atom is 0.328 e. The van der Waals surface area contributed by atoms with Crippen molar-refractivity contribution in [2.24, 2.45) is 11.8 Å². The number of carbonyl (C=O) groups is 3. The normalized spacial score (nSPS) is 16.5. The average molecular weight is 475 g/mol. The van der Waals surface area contributed by atoms with Gasteiger partial charge in [0, 0.05) is 12.1 Å². The predicted octanol–water partition coefficient (Wildman–Crippen LogP) is 2.13. The van der Waals surface area contributed by atoms with Crippen molar-refractivity contribution in [3.63, 3.8) is 0 Å². The zero-order valence-electron chi connectivity index (χ0n) is 20.1. The third-order valence-electron chi connectivity index (χ3n) is 4.50. The highest BCUT2D eigenvalue weighted by molar-refractivity contribution is 8.22. The minimum absolute atomic E-state index is 0.0905. The minimum Gasteiger partial charge on any atom is -0.467 e. The van der Waals surface area contributed by atoms with Gasteiger partial charge in [-0.25, -0.2) is 4.79 Å². The molecule has 10 heteroatoms. The Balaban J connectivity index is 3.02. The maximum absolute atomic E-state index is 13.3. The van der Waals surface area contributed by atoms with Gasteiger partial charge in [0.05, 0.1) is 26.2 Å². The van der Waals surface area contributed by atoms with Gasteiger partial charge in [0.1, 0.15) is 16.9 Å². The molecule has 8 nitrogen and oxygen atoms in total. The van der Waals surface area contributed by atoms with E-state index in [2.05, 4.69) is 24.1 Å². The fourth-order valence-corrected chi connectivity index (χ4v) is 4.43. The van der Waals surface area contributed by atoms with Gasteiger partial charge < -0.3 is 19.9 Å². The van der Waals surface area contributed by atoms with E-state index in [0.29, 0.717) is 18.5 Å². The second-order valence-corrected chi connectivity index (χ2v) is 11.2. The highest BCUT2D eigenvalue weighted by Crippen LogP contribution is 2.21. The van der Waals surface area contributed by atoms with Crippen LogP contribution in [0.5, 0.6) is 0 Å². The molecule has 0 radical (unpaired) electrons. The Labute approximate surface area is 196 Å². The molecule has 0 aliphatic carbocycles. The van der Waals surface area contributed by atoms with E-state index < -0.39 is 17.6 Å². The van der Waals surface area contributed by atoms with Crippen LogP contribution in [0.2, 0.25) is 0 Å². The number of esters is 1. The number of hydrogen-bond acceptors (Lipinski definition) is 7. The summed E-state index contributed by atoms with van der Waals surface area (Å²) < 4.78 is 5.77. The first kappa shape index (κ1) is 27.6. The molecule has 1 aliphatic heterocycles. The van der Waals surface area contributed by atoms with Crippen molar-refractivity contribution < 1.29 is 19.1 Å². The van der Waals surface area contributed by atoms with Crippen molar-refractivity contribution in [2.75, 3.05) is 39.3 Å². The largest absolute Gasteiger partial charge is 0.467 e. The molecular formula is C21H38N4O4S2. The summed E-state index contributed by atoms with van der Waals surface area (Å²) in [6.45, 7) is 14.8. The molecule has 0 bridgehead atoms. The summed E-state index contributed by atoms with van der Waals surface area (Å²) in [5, 5.41) is 2.87. The molecule has 0 aromatic carbocycles. The van der Waals surface area contributed by atoms with Crippen LogP contribution in [0.1, 0.15) is 48.5 Å². The number of nitrogens with zero attached hydrogens (tertiary/aromatic N) is 3. The van der Waals surface area contributed by atoms with Crippen LogP contribution in [0.15, 0.2) is 0 Å². The van der Waals surface area contributed by atoms with E-state index in [0.717, 1.165) is 10.9 Å². The number of thiocarbonyl (C=S) groups is 1. The highest BCUT2D eigenvalue weighted by Gasteiger charge is 2.36. The fraction of sp³-hybridized carbons (Fsp3) is 0.810. The molecule has 0 aromatic heterocycles. The van der Waals surface area contributed by atoms with Gasteiger partial charge in [-0.2, -0.15) is 0 Å². The second-order valence-electron chi connectivity index (χ2n) is 9.66. The Morgan fingerprint density at radius 2 is 1.84 bits per heavy atom. The molecule has 0 aromatic rings. The highest BCUT2D eigenvalue weighted by atomic mass is 32.2. The summed E-state index contributed by atoms with van der Waals surface area (Å²) in [5.74, 6) is -0.304. The number of thioether (sulfide) groups is 1. The number of methoxy groups -OCH3 is 1. The van der Waals surface area contributed by atoms with Gasteiger partial charge in [-0.1, -0.05) is 51.7 Å². The number of hydrogen-bond donors (Lipinski definition) is 1. The Morgan fingerprint density at radius 1 is 1.23 bits per heavy atom. The molecule has 1 rings (SSSR count). The lowest BCUT2D eigenvalue weighted by molar-refractivity contribution is -0.156. The van der Waals surface area contributed by atoms with Crippen molar-refractivity contribution >= 4 is 46.1 Å². The van der Waals surface area contributed by atoms with Gasteiger partial charge in [0.2, 0.25) is 11.8 Å². The molecule has 0 saturated carbocycles. The summed E-state index contributed by atoms with van der Waals surface area (Å²) in [6.07, 6.45) is 0. The summed E-state index contributed by atoms with van der Waals surface area (Å²) in [4.78, 5) is 43.8. The van der Waals surface area contributed by atoms with Crippen LogP contribution in [-0.2, 0) is 19.1 Å². The molecule has 31 heavy (non-hydrogen) atoms. The van der Waals surface area contributed by atoms with Crippen molar-refractivity contribution in [1.29, 1.82) is 0 Å². The molecule has 1 N–H and O–H groups in total. The van der Waals surface area contributed by atoms with E-state index in [-0.39, 0.29) is 30.8 Å². The molecule has 1 atom stereocenters. The Bertz CT molecular complexity index is 664. The zero-order chi connectivity index (χ0) is 23.9. The molecule has 1 saturated heterocycles. The van der Waals surface area contributed by atoms with Crippen LogP contribution in [0, 0.1) is 11.8 Å². The number of amides is 2. The number of rotatable bonds is 9. The smallest absolute Gasteiger partial charge is 0.328 e. The standard InChI is InChI=1S/C21H38N4O4S2/c1-14(2)9-24-12-23(13-31-20(24)30)11-17(27)25(10-16(26)22-21(5,6)7)18(15(3)4)19(28)29-8/h14-15,18H,9-13H2,1-8H3,(H,22,26)/t18-/m0/s1. The summed E-state index contributed by atoms with van der Waals surface area (Å²) in [7, 11) is 1.29. The first-order valence-corrected chi connectivity index (χ1v) is 12.0. The summed E-state index contributed by atoms with van der Waals surface area (Å²) in [6, 6.07) is -0.839. The first-order valence-electron chi connectivity index (χ1n) is 10.6. The van der Waals surface area contributed by atoms with E-state index in [9.17, 15) is 14.4 Å². The molecule has 178 valence electrons. The third-order valence-corrected chi connectivity index (χ3v) is 6.11. The molecule has 0 spiro atoms. The third kappa shape index (κ3) is 9.33. The van der Waals surface area contributed by atoms with Crippen LogP contribution in [-0.4, -0.2) is 87.7 Å². The Kier molecular flexibility index (Phi) is 10.7. The van der Waals surface area contributed by atoms with Gasteiger partial charge in [-0.15, -0.1) is 0 Å². The lowest BCUT2D eigenvalue weighted by Crippen LogP contribution is -2.57.